The first-order valence-corrected chi connectivity index (χ1v) is 6.27. The smallest absolute Gasteiger partial charge is 0.347 e. The Morgan fingerprint density at radius 2 is 1.79 bits per heavy atom. The number of hydrogen-bond acceptors (Lipinski definition) is 3. The van der Waals surface area contributed by atoms with Crippen molar-refractivity contribution in [1.82, 2.24) is 4.98 Å². The first-order chi connectivity index (χ1) is 9.28. The zero-order valence-corrected chi connectivity index (χ0v) is 10.6. The van der Waals surface area contributed by atoms with E-state index >= 15 is 0 Å². The highest BCUT2D eigenvalue weighted by molar-refractivity contribution is 5.78. The third-order valence-electron chi connectivity index (χ3n) is 3.14. The van der Waals surface area contributed by atoms with Gasteiger partial charge in [0.2, 0.25) is 5.89 Å². The van der Waals surface area contributed by atoms with E-state index in [1.165, 1.54) is 5.56 Å². The molecule has 0 radical (unpaired) electrons. The Kier molecular flexibility index (Phi) is 2.88. The zero-order valence-electron chi connectivity index (χ0n) is 10.6. The van der Waals surface area contributed by atoms with Gasteiger partial charge < -0.3 is 4.42 Å². The standard InChI is InChI=1S/C16H13NO2/c1-2-11-7-9-12(10-8-11)15-17-14-6-4-3-5-13(14)16(18)19-15/h3-10H,2H2,1H3. The van der Waals surface area contributed by atoms with Crippen LogP contribution >= 0.6 is 0 Å². The van der Waals surface area contributed by atoms with Crippen LogP contribution in [0.5, 0.6) is 0 Å². The van der Waals surface area contributed by atoms with Gasteiger partial charge in [-0.3, -0.25) is 0 Å². The SMILES string of the molecule is CCc1ccc(-c2nc3ccccc3c(=O)o2)cc1. The van der Waals surface area contributed by atoms with Gasteiger partial charge in [0, 0.05) is 5.56 Å². The lowest BCUT2D eigenvalue weighted by Gasteiger charge is -2.02. The minimum atomic E-state index is -0.347. The largest absolute Gasteiger partial charge is 0.403 e. The molecule has 94 valence electrons. The van der Waals surface area contributed by atoms with Gasteiger partial charge in [0.15, 0.2) is 0 Å². The van der Waals surface area contributed by atoms with Crippen molar-refractivity contribution >= 4 is 10.9 Å². The Labute approximate surface area is 110 Å². The zero-order chi connectivity index (χ0) is 13.2. The molecule has 3 rings (SSSR count). The Morgan fingerprint density at radius 1 is 1.05 bits per heavy atom. The molecule has 0 aliphatic rings. The average molecular weight is 251 g/mol. The first kappa shape index (κ1) is 11.7. The number of hydrogen-bond donors (Lipinski definition) is 0. The highest BCUT2D eigenvalue weighted by Gasteiger charge is 2.07. The monoisotopic (exact) mass is 251 g/mol. The second kappa shape index (κ2) is 4.69. The number of para-hydroxylation sites is 1. The van der Waals surface area contributed by atoms with Crippen molar-refractivity contribution in [3.8, 4) is 11.5 Å². The summed E-state index contributed by atoms with van der Waals surface area (Å²) >= 11 is 0. The van der Waals surface area contributed by atoms with E-state index in [1.807, 2.05) is 36.4 Å². The van der Waals surface area contributed by atoms with E-state index in [9.17, 15) is 4.79 Å². The summed E-state index contributed by atoms with van der Waals surface area (Å²) in [5.74, 6) is 0.367. The summed E-state index contributed by atoms with van der Waals surface area (Å²) in [4.78, 5) is 16.3. The molecule has 0 N–H and O–H groups in total. The summed E-state index contributed by atoms with van der Waals surface area (Å²) in [5, 5.41) is 0.511. The van der Waals surface area contributed by atoms with Crippen LogP contribution in [0.15, 0.2) is 57.7 Å². The van der Waals surface area contributed by atoms with E-state index < -0.39 is 0 Å². The van der Waals surface area contributed by atoms with Crippen molar-refractivity contribution in [1.29, 1.82) is 0 Å². The maximum absolute atomic E-state index is 11.9. The molecule has 0 saturated heterocycles. The summed E-state index contributed by atoms with van der Waals surface area (Å²) in [6.07, 6.45) is 0.982. The third kappa shape index (κ3) is 2.15. The van der Waals surface area contributed by atoms with Crippen molar-refractivity contribution in [3.63, 3.8) is 0 Å². The Bertz CT molecular complexity index is 773. The van der Waals surface area contributed by atoms with Crippen LogP contribution in [-0.2, 0) is 6.42 Å². The van der Waals surface area contributed by atoms with Crippen LogP contribution in [0.1, 0.15) is 12.5 Å². The highest BCUT2D eigenvalue weighted by atomic mass is 16.4. The van der Waals surface area contributed by atoms with E-state index in [-0.39, 0.29) is 5.63 Å². The number of fused-ring (bicyclic) bond motifs is 1. The van der Waals surface area contributed by atoms with Gasteiger partial charge in [-0.25, -0.2) is 9.78 Å². The summed E-state index contributed by atoms with van der Waals surface area (Å²) in [5.41, 5.74) is 2.38. The summed E-state index contributed by atoms with van der Waals surface area (Å²) in [7, 11) is 0. The highest BCUT2D eigenvalue weighted by Crippen LogP contribution is 2.19. The molecule has 0 fully saturated rings. The first-order valence-electron chi connectivity index (χ1n) is 6.27. The van der Waals surface area contributed by atoms with Crippen molar-refractivity contribution in [3.05, 3.63) is 64.5 Å². The molecule has 1 aromatic heterocycles. The molecule has 2 aromatic carbocycles. The Hall–Kier alpha value is -2.42. The molecule has 0 amide bonds. The fourth-order valence-corrected chi connectivity index (χ4v) is 2.03. The van der Waals surface area contributed by atoms with Crippen molar-refractivity contribution < 1.29 is 4.42 Å². The second-order valence-corrected chi connectivity index (χ2v) is 4.37. The van der Waals surface area contributed by atoms with Gasteiger partial charge in [-0.05, 0) is 36.2 Å². The Morgan fingerprint density at radius 3 is 2.53 bits per heavy atom. The second-order valence-electron chi connectivity index (χ2n) is 4.37. The molecule has 0 aliphatic carbocycles. The van der Waals surface area contributed by atoms with Gasteiger partial charge in [0.25, 0.3) is 0 Å². The van der Waals surface area contributed by atoms with Crippen LogP contribution in [0.3, 0.4) is 0 Å². The van der Waals surface area contributed by atoms with Crippen LogP contribution in [0, 0.1) is 0 Å². The molecule has 0 bridgehead atoms. The predicted octanol–water partition coefficient (Wildman–Crippen LogP) is 3.42. The molecule has 1 heterocycles. The van der Waals surface area contributed by atoms with Crippen molar-refractivity contribution in [2.24, 2.45) is 0 Å². The summed E-state index contributed by atoms with van der Waals surface area (Å²) in [6, 6.07) is 15.1. The lowest BCUT2D eigenvalue weighted by molar-refractivity contribution is 0.518. The molecule has 3 aromatic rings. The van der Waals surface area contributed by atoms with Crippen molar-refractivity contribution in [2.75, 3.05) is 0 Å². The molecular weight excluding hydrogens is 238 g/mol. The maximum atomic E-state index is 11.9. The van der Waals surface area contributed by atoms with Crippen molar-refractivity contribution in [2.45, 2.75) is 13.3 Å². The Balaban J connectivity index is 2.16. The molecular formula is C16H13NO2. The van der Waals surface area contributed by atoms with Gasteiger partial charge in [-0.1, -0.05) is 31.2 Å². The quantitative estimate of drug-likeness (QED) is 0.701. The molecule has 0 saturated carbocycles. The topological polar surface area (TPSA) is 43.1 Å². The number of aryl methyl sites for hydroxylation is 1. The van der Waals surface area contributed by atoms with Crippen LogP contribution in [-0.4, -0.2) is 4.98 Å². The number of rotatable bonds is 2. The molecule has 3 heteroatoms. The van der Waals surface area contributed by atoms with Gasteiger partial charge in [0.1, 0.15) is 0 Å². The minimum absolute atomic E-state index is 0.347. The lowest BCUT2D eigenvalue weighted by atomic mass is 10.1. The normalized spacial score (nSPS) is 10.8. The summed E-state index contributed by atoms with van der Waals surface area (Å²) < 4.78 is 5.28. The van der Waals surface area contributed by atoms with E-state index in [1.54, 1.807) is 12.1 Å². The molecule has 0 aliphatic heterocycles. The fourth-order valence-electron chi connectivity index (χ4n) is 2.03. The molecule has 0 unspecified atom stereocenters. The summed E-state index contributed by atoms with van der Waals surface area (Å²) in [6.45, 7) is 2.10. The van der Waals surface area contributed by atoms with E-state index in [0.29, 0.717) is 16.8 Å². The van der Waals surface area contributed by atoms with Gasteiger partial charge in [-0.2, -0.15) is 0 Å². The van der Waals surface area contributed by atoms with Gasteiger partial charge >= 0.3 is 5.63 Å². The maximum Gasteiger partial charge on any atom is 0.347 e. The number of nitrogens with zero attached hydrogens (tertiary/aromatic N) is 1. The van der Waals surface area contributed by atoms with Crippen LogP contribution in [0.25, 0.3) is 22.4 Å². The fraction of sp³-hybridized carbons (Fsp3) is 0.125. The molecule has 19 heavy (non-hydrogen) atoms. The van der Waals surface area contributed by atoms with Crippen LogP contribution < -0.4 is 5.63 Å². The molecule has 0 spiro atoms. The average Bonchev–Trinajstić information content (AvgIpc) is 2.47. The minimum Gasteiger partial charge on any atom is -0.403 e. The number of aromatic nitrogens is 1. The predicted molar refractivity (Wildman–Crippen MR) is 75.1 cm³/mol. The van der Waals surface area contributed by atoms with E-state index in [2.05, 4.69) is 11.9 Å². The van der Waals surface area contributed by atoms with E-state index in [0.717, 1.165) is 12.0 Å². The van der Waals surface area contributed by atoms with Crippen LogP contribution in [0.2, 0.25) is 0 Å². The van der Waals surface area contributed by atoms with Gasteiger partial charge in [0.05, 0.1) is 10.9 Å². The molecule has 3 nitrogen and oxygen atoms in total. The lowest BCUT2D eigenvalue weighted by Crippen LogP contribution is -2.02. The van der Waals surface area contributed by atoms with Crippen LogP contribution in [0.4, 0.5) is 0 Å². The van der Waals surface area contributed by atoms with E-state index in [4.69, 9.17) is 4.42 Å². The number of benzene rings is 2. The van der Waals surface area contributed by atoms with Gasteiger partial charge in [-0.15, -0.1) is 0 Å². The molecule has 0 atom stereocenters. The third-order valence-corrected chi connectivity index (χ3v) is 3.14.